The minimum Gasteiger partial charge on any atom is -0.378 e. The van der Waals surface area contributed by atoms with Gasteiger partial charge >= 0.3 is 0 Å². The van der Waals surface area contributed by atoms with Crippen LogP contribution in [0.1, 0.15) is 28.2 Å². The second kappa shape index (κ2) is 9.36. The van der Waals surface area contributed by atoms with Crippen molar-refractivity contribution in [1.82, 2.24) is 25.1 Å². The van der Waals surface area contributed by atoms with Gasteiger partial charge in [0.05, 0.1) is 25.5 Å². The maximum atomic E-state index is 12.3. The van der Waals surface area contributed by atoms with Crippen molar-refractivity contribution in [3.05, 3.63) is 51.7 Å². The van der Waals surface area contributed by atoms with Gasteiger partial charge in [0, 0.05) is 36.1 Å². The van der Waals surface area contributed by atoms with Gasteiger partial charge in [0.15, 0.2) is 5.82 Å². The molecule has 8 nitrogen and oxygen atoms in total. The van der Waals surface area contributed by atoms with E-state index < -0.39 is 0 Å². The van der Waals surface area contributed by atoms with E-state index in [-0.39, 0.29) is 5.91 Å². The zero-order valence-corrected chi connectivity index (χ0v) is 18.1. The van der Waals surface area contributed by atoms with Crippen LogP contribution in [0.4, 0.5) is 5.82 Å². The fraction of sp³-hybridized carbons (Fsp3) is 0.429. The van der Waals surface area contributed by atoms with Crippen molar-refractivity contribution in [2.24, 2.45) is 0 Å². The van der Waals surface area contributed by atoms with Crippen LogP contribution < -0.4 is 10.2 Å². The number of anilines is 1. The maximum absolute atomic E-state index is 12.3. The van der Waals surface area contributed by atoms with Crippen LogP contribution in [0.15, 0.2) is 29.9 Å². The number of nitrogens with zero attached hydrogens (tertiary/aromatic N) is 5. The molecule has 0 spiro atoms. The third kappa shape index (κ3) is 4.68. The molecule has 30 heavy (non-hydrogen) atoms. The molecule has 0 saturated carbocycles. The summed E-state index contributed by atoms with van der Waals surface area (Å²) in [4.78, 5) is 24.5. The first kappa shape index (κ1) is 20.5. The summed E-state index contributed by atoms with van der Waals surface area (Å²) in [6.45, 7) is 7.63. The second-order valence-electron chi connectivity index (χ2n) is 7.25. The monoisotopic (exact) mass is 426 g/mol. The minimum atomic E-state index is 0.0478. The summed E-state index contributed by atoms with van der Waals surface area (Å²) >= 11 is 1.65. The number of aromatic nitrogens is 4. The molecule has 0 atom stereocenters. The second-order valence-corrected chi connectivity index (χ2v) is 8.28. The summed E-state index contributed by atoms with van der Waals surface area (Å²) in [5, 5.41) is 9.68. The molecule has 1 fully saturated rings. The third-order valence-corrected chi connectivity index (χ3v) is 6.15. The molecular weight excluding hydrogens is 400 g/mol. The van der Waals surface area contributed by atoms with E-state index in [9.17, 15) is 4.79 Å². The van der Waals surface area contributed by atoms with Crippen molar-refractivity contribution in [1.29, 1.82) is 0 Å². The molecule has 1 saturated heterocycles. The highest BCUT2D eigenvalue weighted by molar-refractivity contribution is 7.09. The third-order valence-electron chi connectivity index (χ3n) is 5.27. The molecule has 0 aliphatic carbocycles. The zero-order valence-electron chi connectivity index (χ0n) is 17.3. The van der Waals surface area contributed by atoms with Gasteiger partial charge in [0.25, 0.3) is 0 Å². The molecule has 3 aromatic heterocycles. The van der Waals surface area contributed by atoms with Crippen molar-refractivity contribution < 1.29 is 9.53 Å². The number of amides is 1. The SMILES string of the molecule is Cc1nn(-c2cc(N3CCOCC3)ncn2)c(C)c1CCC(=O)NCc1cccs1. The van der Waals surface area contributed by atoms with Gasteiger partial charge in [0.1, 0.15) is 12.1 Å². The highest BCUT2D eigenvalue weighted by atomic mass is 32.1. The summed E-state index contributed by atoms with van der Waals surface area (Å²) < 4.78 is 7.27. The van der Waals surface area contributed by atoms with E-state index >= 15 is 0 Å². The predicted octanol–water partition coefficient (Wildman–Crippen LogP) is 2.43. The number of aryl methyl sites for hydroxylation is 1. The van der Waals surface area contributed by atoms with Crippen LogP contribution in [-0.2, 0) is 22.5 Å². The normalized spacial score (nSPS) is 14.1. The van der Waals surface area contributed by atoms with Gasteiger partial charge in [-0.2, -0.15) is 5.10 Å². The summed E-state index contributed by atoms with van der Waals surface area (Å²) in [5.74, 6) is 1.66. The van der Waals surface area contributed by atoms with Gasteiger partial charge in [-0.25, -0.2) is 14.6 Å². The van der Waals surface area contributed by atoms with E-state index in [0.717, 1.165) is 46.6 Å². The van der Waals surface area contributed by atoms with Crippen molar-refractivity contribution in [3.63, 3.8) is 0 Å². The molecule has 4 heterocycles. The van der Waals surface area contributed by atoms with Gasteiger partial charge in [-0.15, -0.1) is 11.3 Å². The lowest BCUT2D eigenvalue weighted by Gasteiger charge is -2.27. The van der Waals surface area contributed by atoms with E-state index in [2.05, 4.69) is 25.3 Å². The van der Waals surface area contributed by atoms with Crippen molar-refractivity contribution in [3.8, 4) is 5.82 Å². The largest absolute Gasteiger partial charge is 0.378 e. The molecule has 0 bridgehead atoms. The number of ether oxygens (including phenoxy) is 1. The number of carbonyl (C=O) groups excluding carboxylic acids is 1. The van der Waals surface area contributed by atoms with Crippen molar-refractivity contribution in [2.45, 2.75) is 33.2 Å². The lowest BCUT2D eigenvalue weighted by Crippen LogP contribution is -2.36. The molecule has 9 heteroatoms. The van der Waals surface area contributed by atoms with E-state index in [0.29, 0.717) is 32.6 Å². The van der Waals surface area contributed by atoms with E-state index in [1.54, 1.807) is 17.7 Å². The number of hydrogen-bond donors (Lipinski definition) is 1. The molecule has 4 rings (SSSR count). The minimum absolute atomic E-state index is 0.0478. The van der Waals surface area contributed by atoms with Crippen LogP contribution in [0.2, 0.25) is 0 Å². The zero-order chi connectivity index (χ0) is 20.9. The molecule has 1 amide bonds. The Balaban J connectivity index is 1.43. The first-order valence-electron chi connectivity index (χ1n) is 10.1. The quantitative estimate of drug-likeness (QED) is 0.625. The highest BCUT2D eigenvalue weighted by Gasteiger charge is 2.17. The van der Waals surface area contributed by atoms with Gasteiger partial charge in [-0.1, -0.05) is 6.07 Å². The number of carbonyl (C=O) groups is 1. The van der Waals surface area contributed by atoms with Crippen LogP contribution in [0.25, 0.3) is 5.82 Å². The van der Waals surface area contributed by atoms with Crippen molar-refractivity contribution >= 4 is 23.1 Å². The first-order chi connectivity index (χ1) is 14.6. The van der Waals surface area contributed by atoms with Gasteiger partial charge in [-0.3, -0.25) is 4.79 Å². The summed E-state index contributed by atoms with van der Waals surface area (Å²) in [6.07, 6.45) is 2.66. The fourth-order valence-electron chi connectivity index (χ4n) is 3.60. The Morgan fingerprint density at radius 2 is 2.03 bits per heavy atom. The van der Waals surface area contributed by atoms with E-state index in [1.165, 1.54) is 0 Å². The Bertz CT molecular complexity index is 995. The average Bonchev–Trinajstić information content (AvgIpc) is 3.39. The molecule has 158 valence electrons. The van der Waals surface area contributed by atoms with Crippen LogP contribution in [0, 0.1) is 13.8 Å². The maximum Gasteiger partial charge on any atom is 0.220 e. The van der Waals surface area contributed by atoms with Crippen molar-refractivity contribution in [2.75, 3.05) is 31.2 Å². The predicted molar refractivity (Wildman–Crippen MR) is 116 cm³/mol. The molecule has 0 aromatic carbocycles. The van der Waals surface area contributed by atoms with Gasteiger partial charge < -0.3 is 15.0 Å². The van der Waals surface area contributed by atoms with Crippen LogP contribution in [0.3, 0.4) is 0 Å². The summed E-state index contributed by atoms with van der Waals surface area (Å²) in [6, 6.07) is 5.98. The summed E-state index contributed by atoms with van der Waals surface area (Å²) in [7, 11) is 0. The Labute approximate surface area is 179 Å². The molecule has 1 aliphatic heterocycles. The number of rotatable bonds is 7. The molecule has 1 aliphatic rings. The van der Waals surface area contributed by atoms with E-state index in [1.807, 2.05) is 42.1 Å². The summed E-state index contributed by atoms with van der Waals surface area (Å²) in [5.41, 5.74) is 3.02. The van der Waals surface area contributed by atoms with Crippen LogP contribution in [-0.4, -0.2) is 52.0 Å². The van der Waals surface area contributed by atoms with Crippen LogP contribution in [0.5, 0.6) is 0 Å². The Morgan fingerprint density at radius 3 is 2.80 bits per heavy atom. The highest BCUT2D eigenvalue weighted by Crippen LogP contribution is 2.21. The molecular formula is C21H26N6O2S. The Hall–Kier alpha value is -2.78. The average molecular weight is 427 g/mol. The smallest absolute Gasteiger partial charge is 0.220 e. The van der Waals surface area contributed by atoms with Gasteiger partial charge in [0.2, 0.25) is 5.91 Å². The fourth-order valence-corrected chi connectivity index (χ4v) is 4.25. The molecule has 0 unspecified atom stereocenters. The molecule has 3 aromatic rings. The van der Waals surface area contributed by atoms with Gasteiger partial charge in [-0.05, 0) is 37.3 Å². The number of nitrogens with one attached hydrogen (secondary N) is 1. The molecule has 1 N–H and O–H groups in total. The molecule has 0 radical (unpaired) electrons. The first-order valence-corrected chi connectivity index (χ1v) is 11.0. The van der Waals surface area contributed by atoms with Crippen LogP contribution >= 0.6 is 11.3 Å². The van der Waals surface area contributed by atoms with E-state index in [4.69, 9.17) is 4.74 Å². The number of morpholine rings is 1. The number of hydrogen-bond acceptors (Lipinski definition) is 7. The Kier molecular flexibility index (Phi) is 6.39. The topological polar surface area (TPSA) is 85.2 Å². The Morgan fingerprint density at radius 1 is 1.23 bits per heavy atom. The lowest BCUT2D eigenvalue weighted by molar-refractivity contribution is -0.121. The standard InChI is InChI=1S/C21H26N6O2S/c1-15-18(5-6-21(28)22-13-17-4-3-11-30-17)16(2)27(25-15)20-12-19(23-14-24-20)26-7-9-29-10-8-26/h3-4,11-12,14H,5-10,13H2,1-2H3,(H,22,28). The number of thiophene rings is 1. The lowest BCUT2D eigenvalue weighted by atomic mass is 10.1.